The maximum atomic E-state index is 12.6. The SMILES string of the molecule is COc1nc(N2CCC(C(=O)N3CCCCC3)C2)ncc1Br. The second-order valence-corrected chi connectivity index (χ2v) is 6.70. The summed E-state index contributed by atoms with van der Waals surface area (Å²) in [4.78, 5) is 25.4. The van der Waals surface area contributed by atoms with E-state index in [0.29, 0.717) is 24.3 Å². The highest BCUT2D eigenvalue weighted by atomic mass is 79.9. The molecule has 3 heterocycles. The van der Waals surface area contributed by atoms with Crippen molar-refractivity contribution in [1.82, 2.24) is 14.9 Å². The summed E-state index contributed by atoms with van der Waals surface area (Å²) in [7, 11) is 1.59. The molecular formula is C15H21BrN4O2. The summed E-state index contributed by atoms with van der Waals surface area (Å²) in [5, 5.41) is 0. The van der Waals surface area contributed by atoms with Crippen LogP contribution >= 0.6 is 15.9 Å². The molecule has 0 aliphatic carbocycles. The Morgan fingerprint density at radius 1 is 1.32 bits per heavy atom. The molecule has 3 rings (SSSR count). The molecule has 1 aromatic heterocycles. The molecule has 7 heteroatoms. The van der Waals surface area contributed by atoms with Crippen LogP contribution in [-0.4, -0.2) is 54.1 Å². The van der Waals surface area contributed by atoms with Crippen LogP contribution < -0.4 is 9.64 Å². The highest BCUT2D eigenvalue weighted by Crippen LogP contribution is 2.27. The lowest BCUT2D eigenvalue weighted by atomic mass is 10.0. The number of aromatic nitrogens is 2. The Bertz CT molecular complexity index is 548. The van der Waals surface area contributed by atoms with Crippen molar-refractivity contribution >= 4 is 27.8 Å². The van der Waals surface area contributed by atoms with E-state index in [-0.39, 0.29) is 5.92 Å². The van der Waals surface area contributed by atoms with Crippen molar-refractivity contribution < 1.29 is 9.53 Å². The van der Waals surface area contributed by atoms with Crippen LogP contribution in [0.4, 0.5) is 5.95 Å². The van der Waals surface area contributed by atoms with Crippen LogP contribution in [0.1, 0.15) is 25.7 Å². The Balaban J connectivity index is 1.65. The molecule has 0 radical (unpaired) electrons. The van der Waals surface area contributed by atoms with E-state index in [4.69, 9.17) is 4.74 Å². The first-order chi connectivity index (χ1) is 10.7. The number of carbonyl (C=O) groups excluding carboxylic acids is 1. The van der Waals surface area contributed by atoms with Crippen molar-refractivity contribution in [3.63, 3.8) is 0 Å². The molecule has 2 aliphatic rings. The summed E-state index contributed by atoms with van der Waals surface area (Å²) < 4.78 is 5.95. The molecule has 22 heavy (non-hydrogen) atoms. The molecule has 2 saturated heterocycles. The molecule has 0 aromatic carbocycles. The number of anilines is 1. The minimum absolute atomic E-state index is 0.0661. The van der Waals surface area contributed by atoms with Gasteiger partial charge in [0.2, 0.25) is 17.7 Å². The van der Waals surface area contributed by atoms with E-state index < -0.39 is 0 Å². The van der Waals surface area contributed by atoms with Gasteiger partial charge in [0.25, 0.3) is 0 Å². The summed E-state index contributed by atoms with van der Waals surface area (Å²) in [5.74, 6) is 1.52. The number of methoxy groups -OCH3 is 1. The molecule has 1 unspecified atom stereocenters. The van der Waals surface area contributed by atoms with Crippen molar-refractivity contribution in [2.45, 2.75) is 25.7 Å². The van der Waals surface area contributed by atoms with E-state index in [2.05, 4.69) is 30.8 Å². The molecule has 0 spiro atoms. The number of hydrogen-bond acceptors (Lipinski definition) is 5. The molecule has 0 saturated carbocycles. The van der Waals surface area contributed by atoms with Crippen molar-refractivity contribution in [3.8, 4) is 5.88 Å². The normalized spacial score (nSPS) is 22.0. The first-order valence-corrected chi connectivity index (χ1v) is 8.58. The van der Waals surface area contributed by atoms with Gasteiger partial charge in [-0.05, 0) is 41.6 Å². The van der Waals surface area contributed by atoms with E-state index >= 15 is 0 Å². The summed E-state index contributed by atoms with van der Waals surface area (Å²) in [6, 6.07) is 0. The third kappa shape index (κ3) is 3.19. The molecule has 2 fully saturated rings. The lowest BCUT2D eigenvalue weighted by Gasteiger charge is -2.29. The Labute approximate surface area is 139 Å². The van der Waals surface area contributed by atoms with Crippen LogP contribution in [0.5, 0.6) is 5.88 Å². The number of piperidine rings is 1. The van der Waals surface area contributed by atoms with Gasteiger partial charge in [0.1, 0.15) is 0 Å². The highest BCUT2D eigenvalue weighted by molar-refractivity contribution is 9.10. The van der Waals surface area contributed by atoms with Crippen LogP contribution in [0.2, 0.25) is 0 Å². The summed E-state index contributed by atoms with van der Waals surface area (Å²) >= 11 is 3.36. The number of hydrogen-bond donors (Lipinski definition) is 0. The molecule has 2 aliphatic heterocycles. The average molecular weight is 369 g/mol. The lowest BCUT2D eigenvalue weighted by molar-refractivity contribution is -0.135. The van der Waals surface area contributed by atoms with E-state index in [1.165, 1.54) is 6.42 Å². The zero-order valence-corrected chi connectivity index (χ0v) is 14.4. The van der Waals surface area contributed by atoms with Gasteiger partial charge in [0, 0.05) is 26.2 Å². The third-order valence-corrected chi connectivity index (χ3v) is 4.92. The molecule has 6 nitrogen and oxygen atoms in total. The fourth-order valence-electron chi connectivity index (χ4n) is 3.15. The monoisotopic (exact) mass is 368 g/mol. The molecule has 1 amide bonds. The van der Waals surface area contributed by atoms with Crippen LogP contribution in [-0.2, 0) is 4.79 Å². The summed E-state index contributed by atoms with van der Waals surface area (Å²) in [5.41, 5.74) is 0. The first kappa shape index (κ1) is 15.5. The number of carbonyl (C=O) groups is 1. The molecule has 0 bridgehead atoms. The van der Waals surface area contributed by atoms with Crippen LogP contribution in [0.3, 0.4) is 0 Å². The van der Waals surface area contributed by atoms with Crippen molar-refractivity contribution in [1.29, 1.82) is 0 Å². The smallest absolute Gasteiger partial charge is 0.232 e. The first-order valence-electron chi connectivity index (χ1n) is 7.79. The standard InChI is InChI=1S/C15H21BrN4O2/c1-22-13-12(16)9-17-15(18-13)20-8-5-11(10-20)14(21)19-6-3-2-4-7-19/h9,11H,2-8,10H2,1H3. The Morgan fingerprint density at radius 2 is 2.09 bits per heavy atom. The minimum atomic E-state index is 0.0661. The van der Waals surface area contributed by atoms with Gasteiger partial charge < -0.3 is 14.5 Å². The molecular weight excluding hydrogens is 348 g/mol. The fraction of sp³-hybridized carbons (Fsp3) is 0.667. The molecule has 1 atom stereocenters. The van der Waals surface area contributed by atoms with Crippen molar-refractivity contribution in [3.05, 3.63) is 10.7 Å². The van der Waals surface area contributed by atoms with Crippen molar-refractivity contribution in [2.24, 2.45) is 5.92 Å². The van der Waals surface area contributed by atoms with Crippen molar-refractivity contribution in [2.75, 3.05) is 38.2 Å². The second kappa shape index (κ2) is 6.81. The van der Waals surface area contributed by atoms with Gasteiger partial charge in [-0.2, -0.15) is 4.98 Å². The molecule has 120 valence electrons. The number of rotatable bonds is 3. The molecule has 1 aromatic rings. The van der Waals surface area contributed by atoms with Gasteiger partial charge in [0.15, 0.2) is 0 Å². The maximum Gasteiger partial charge on any atom is 0.232 e. The van der Waals surface area contributed by atoms with E-state index in [9.17, 15) is 4.79 Å². The fourth-order valence-corrected chi connectivity index (χ4v) is 3.51. The van der Waals surface area contributed by atoms with Crippen LogP contribution in [0, 0.1) is 5.92 Å². The number of nitrogens with zero attached hydrogens (tertiary/aromatic N) is 4. The topological polar surface area (TPSA) is 58.6 Å². The van der Waals surface area contributed by atoms with E-state index in [0.717, 1.165) is 43.4 Å². The Hall–Kier alpha value is -1.37. The summed E-state index contributed by atoms with van der Waals surface area (Å²) in [6.07, 6.45) is 6.08. The van der Waals surface area contributed by atoms with Gasteiger partial charge in [-0.3, -0.25) is 4.79 Å². The quantitative estimate of drug-likeness (QED) is 0.817. The summed E-state index contributed by atoms with van der Waals surface area (Å²) in [6.45, 7) is 3.34. The van der Waals surface area contributed by atoms with Crippen LogP contribution in [0.15, 0.2) is 10.7 Å². The molecule has 0 N–H and O–H groups in total. The van der Waals surface area contributed by atoms with Gasteiger partial charge in [-0.15, -0.1) is 0 Å². The Kier molecular flexibility index (Phi) is 4.81. The van der Waals surface area contributed by atoms with Gasteiger partial charge in [0.05, 0.1) is 23.7 Å². The third-order valence-electron chi connectivity index (χ3n) is 4.38. The zero-order chi connectivity index (χ0) is 15.5. The largest absolute Gasteiger partial charge is 0.480 e. The Morgan fingerprint density at radius 3 is 2.82 bits per heavy atom. The predicted molar refractivity (Wildman–Crippen MR) is 87.0 cm³/mol. The average Bonchev–Trinajstić information content (AvgIpc) is 3.05. The minimum Gasteiger partial charge on any atom is -0.480 e. The maximum absolute atomic E-state index is 12.6. The van der Waals surface area contributed by atoms with Crippen LogP contribution in [0.25, 0.3) is 0 Å². The number of amides is 1. The van der Waals surface area contributed by atoms with E-state index in [1.807, 2.05) is 4.90 Å². The number of likely N-dealkylation sites (tertiary alicyclic amines) is 1. The zero-order valence-electron chi connectivity index (χ0n) is 12.8. The highest BCUT2D eigenvalue weighted by Gasteiger charge is 2.33. The second-order valence-electron chi connectivity index (χ2n) is 5.84. The van der Waals surface area contributed by atoms with Gasteiger partial charge >= 0.3 is 0 Å². The predicted octanol–water partition coefficient (Wildman–Crippen LogP) is 2.09. The van der Waals surface area contributed by atoms with Gasteiger partial charge in [-0.25, -0.2) is 4.98 Å². The van der Waals surface area contributed by atoms with E-state index in [1.54, 1.807) is 13.3 Å². The lowest BCUT2D eigenvalue weighted by Crippen LogP contribution is -2.40. The van der Waals surface area contributed by atoms with Gasteiger partial charge in [-0.1, -0.05) is 0 Å². The number of halogens is 1. The number of ether oxygens (including phenoxy) is 1.